The number of hydrogen-bond acceptors (Lipinski definition) is 5. The lowest BCUT2D eigenvalue weighted by molar-refractivity contribution is 0.327. The Labute approximate surface area is 95.8 Å². The highest BCUT2D eigenvalue weighted by molar-refractivity contribution is 5.35. The zero-order chi connectivity index (χ0) is 11.5. The van der Waals surface area contributed by atoms with Crippen LogP contribution >= 0.6 is 0 Å². The number of likely N-dealkylation sites (N-methyl/N-ethyl adjacent to an activating group) is 1. The third-order valence-corrected chi connectivity index (χ3v) is 3.12. The van der Waals surface area contributed by atoms with Crippen LogP contribution in [-0.4, -0.2) is 52.8 Å². The van der Waals surface area contributed by atoms with E-state index in [0.29, 0.717) is 12.0 Å². The van der Waals surface area contributed by atoms with Gasteiger partial charge in [0.05, 0.1) is 0 Å². The molecule has 0 saturated carbocycles. The Kier molecular flexibility index (Phi) is 3.28. The molecule has 0 bridgehead atoms. The molecule has 6 heteroatoms. The number of nitrogens with one attached hydrogen (secondary N) is 1. The van der Waals surface area contributed by atoms with Crippen LogP contribution in [-0.2, 0) is 0 Å². The van der Waals surface area contributed by atoms with E-state index >= 15 is 0 Å². The summed E-state index contributed by atoms with van der Waals surface area (Å²) >= 11 is 0. The molecule has 2 rings (SSSR count). The van der Waals surface area contributed by atoms with Crippen LogP contribution in [0.3, 0.4) is 0 Å². The smallest absolute Gasteiger partial charge is 0.246 e. The van der Waals surface area contributed by atoms with Gasteiger partial charge in [-0.2, -0.15) is 4.98 Å². The molecule has 0 aromatic carbocycles. The first-order chi connectivity index (χ1) is 7.70. The highest BCUT2D eigenvalue weighted by Crippen LogP contribution is 2.18. The number of aromatic amines is 1. The van der Waals surface area contributed by atoms with Gasteiger partial charge in [-0.15, -0.1) is 5.10 Å². The van der Waals surface area contributed by atoms with Gasteiger partial charge in [-0.05, 0) is 26.4 Å². The van der Waals surface area contributed by atoms with E-state index in [4.69, 9.17) is 5.73 Å². The molecule has 1 fully saturated rings. The van der Waals surface area contributed by atoms with Crippen molar-refractivity contribution >= 4 is 11.9 Å². The van der Waals surface area contributed by atoms with Crippen molar-refractivity contribution < 1.29 is 0 Å². The maximum absolute atomic E-state index is 5.57. The van der Waals surface area contributed by atoms with Gasteiger partial charge in [0.15, 0.2) is 0 Å². The van der Waals surface area contributed by atoms with Crippen LogP contribution in [0.2, 0.25) is 0 Å². The number of rotatable bonds is 2. The SMILES string of the molecule is CCC1CN(C)CCCN1c1n[nH]c(N)n1. The fraction of sp³-hybridized carbons (Fsp3) is 0.800. The van der Waals surface area contributed by atoms with Crippen LogP contribution in [0, 0.1) is 0 Å². The molecular weight excluding hydrogens is 204 g/mol. The Balaban J connectivity index is 2.17. The van der Waals surface area contributed by atoms with Gasteiger partial charge in [-0.1, -0.05) is 6.92 Å². The molecule has 0 spiro atoms. The summed E-state index contributed by atoms with van der Waals surface area (Å²) in [7, 11) is 2.17. The van der Waals surface area contributed by atoms with E-state index < -0.39 is 0 Å². The lowest BCUT2D eigenvalue weighted by Crippen LogP contribution is -2.40. The summed E-state index contributed by atoms with van der Waals surface area (Å²) in [6, 6.07) is 0.475. The Morgan fingerprint density at radius 1 is 1.50 bits per heavy atom. The molecule has 1 saturated heterocycles. The molecule has 1 aliphatic heterocycles. The average molecular weight is 224 g/mol. The zero-order valence-corrected chi connectivity index (χ0v) is 9.98. The molecule has 1 aromatic rings. The first kappa shape index (κ1) is 11.2. The standard InChI is InChI=1S/C10H20N6/c1-3-8-7-15(2)5-4-6-16(8)10-12-9(11)13-14-10/h8H,3-7H2,1-2H3,(H3,11,12,13,14). The van der Waals surface area contributed by atoms with E-state index in [-0.39, 0.29) is 0 Å². The normalized spacial score (nSPS) is 23.4. The molecule has 3 N–H and O–H groups in total. The fourth-order valence-electron chi connectivity index (χ4n) is 2.25. The van der Waals surface area contributed by atoms with Gasteiger partial charge in [0, 0.05) is 19.1 Å². The first-order valence-corrected chi connectivity index (χ1v) is 5.83. The maximum Gasteiger partial charge on any atom is 0.246 e. The molecule has 0 aliphatic carbocycles. The van der Waals surface area contributed by atoms with Crippen LogP contribution in [0.4, 0.5) is 11.9 Å². The van der Waals surface area contributed by atoms with Crippen LogP contribution in [0.1, 0.15) is 19.8 Å². The van der Waals surface area contributed by atoms with Gasteiger partial charge < -0.3 is 15.5 Å². The Morgan fingerprint density at radius 2 is 2.31 bits per heavy atom. The lowest BCUT2D eigenvalue weighted by Gasteiger charge is -2.28. The van der Waals surface area contributed by atoms with E-state index in [1.807, 2.05) is 0 Å². The third-order valence-electron chi connectivity index (χ3n) is 3.12. The summed E-state index contributed by atoms with van der Waals surface area (Å²) in [5.74, 6) is 1.13. The molecule has 6 nitrogen and oxygen atoms in total. The number of aromatic nitrogens is 3. The largest absolute Gasteiger partial charge is 0.368 e. The number of H-pyrrole nitrogens is 1. The minimum Gasteiger partial charge on any atom is -0.368 e. The Bertz CT molecular complexity index is 336. The second-order valence-corrected chi connectivity index (χ2v) is 4.39. The Morgan fingerprint density at radius 3 is 2.94 bits per heavy atom. The number of nitrogen functional groups attached to an aromatic ring is 1. The van der Waals surface area contributed by atoms with Crippen LogP contribution in [0.5, 0.6) is 0 Å². The van der Waals surface area contributed by atoms with Gasteiger partial charge in [-0.3, -0.25) is 0 Å². The van der Waals surface area contributed by atoms with Gasteiger partial charge in [0.1, 0.15) is 0 Å². The quantitative estimate of drug-likeness (QED) is 0.756. The van der Waals surface area contributed by atoms with Crippen LogP contribution < -0.4 is 10.6 Å². The average Bonchev–Trinajstić information content (AvgIpc) is 2.58. The van der Waals surface area contributed by atoms with Crippen molar-refractivity contribution in [1.82, 2.24) is 20.1 Å². The lowest BCUT2D eigenvalue weighted by atomic mass is 10.2. The predicted octanol–water partition coefficient (Wildman–Crippen LogP) is 0.307. The molecule has 1 aliphatic rings. The first-order valence-electron chi connectivity index (χ1n) is 5.83. The van der Waals surface area contributed by atoms with Gasteiger partial charge in [0.2, 0.25) is 11.9 Å². The number of hydrogen-bond donors (Lipinski definition) is 2. The summed E-state index contributed by atoms with van der Waals surface area (Å²) in [5.41, 5.74) is 5.57. The van der Waals surface area contributed by atoms with E-state index in [1.54, 1.807) is 0 Å². The highest BCUT2D eigenvalue weighted by Gasteiger charge is 2.24. The second-order valence-electron chi connectivity index (χ2n) is 4.39. The molecule has 1 unspecified atom stereocenters. The molecule has 16 heavy (non-hydrogen) atoms. The minimum absolute atomic E-state index is 0.391. The monoisotopic (exact) mass is 224 g/mol. The summed E-state index contributed by atoms with van der Waals surface area (Å²) in [5, 5.41) is 6.85. The van der Waals surface area contributed by atoms with Crippen LogP contribution in [0.25, 0.3) is 0 Å². The van der Waals surface area contributed by atoms with Crippen molar-refractivity contribution in [3.05, 3.63) is 0 Å². The Hall–Kier alpha value is -1.30. The van der Waals surface area contributed by atoms with Crippen molar-refractivity contribution in [3.63, 3.8) is 0 Å². The molecule has 2 heterocycles. The van der Waals surface area contributed by atoms with Gasteiger partial charge in [0.25, 0.3) is 0 Å². The molecule has 0 radical (unpaired) electrons. The van der Waals surface area contributed by atoms with Gasteiger partial charge >= 0.3 is 0 Å². The molecular formula is C10H20N6. The summed E-state index contributed by atoms with van der Waals surface area (Å²) in [6.07, 6.45) is 2.24. The maximum atomic E-state index is 5.57. The van der Waals surface area contributed by atoms with Crippen molar-refractivity contribution in [2.45, 2.75) is 25.8 Å². The van der Waals surface area contributed by atoms with Crippen molar-refractivity contribution in [1.29, 1.82) is 0 Å². The minimum atomic E-state index is 0.391. The number of anilines is 2. The van der Waals surface area contributed by atoms with E-state index in [0.717, 1.165) is 38.4 Å². The number of nitrogens with zero attached hydrogens (tertiary/aromatic N) is 4. The van der Waals surface area contributed by atoms with Crippen molar-refractivity contribution in [2.24, 2.45) is 0 Å². The molecule has 1 aromatic heterocycles. The summed E-state index contributed by atoms with van der Waals surface area (Å²) in [4.78, 5) is 8.84. The summed E-state index contributed by atoms with van der Waals surface area (Å²) in [6.45, 7) is 5.39. The van der Waals surface area contributed by atoms with Crippen LogP contribution in [0.15, 0.2) is 0 Å². The zero-order valence-electron chi connectivity index (χ0n) is 9.98. The topological polar surface area (TPSA) is 74.1 Å². The molecule has 90 valence electrons. The van der Waals surface area contributed by atoms with E-state index in [1.165, 1.54) is 0 Å². The highest BCUT2D eigenvalue weighted by atomic mass is 15.4. The second kappa shape index (κ2) is 4.69. The fourth-order valence-corrected chi connectivity index (χ4v) is 2.25. The third kappa shape index (κ3) is 2.27. The van der Waals surface area contributed by atoms with Gasteiger partial charge in [-0.25, -0.2) is 5.10 Å². The summed E-state index contributed by atoms with van der Waals surface area (Å²) < 4.78 is 0. The molecule has 1 atom stereocenters. The number of nitrogens with two attached hydrogens (primary N) is 1. The van der Waals surface area contributed by atoms with Crippen molar-refractivity contribution in [2.75, 3.05) is 37.3 Å². The van der Waals surface area contributed by atoms with E-state index in [9.17, 15) is 0 Å². The molecule has 0 amide bonds. The predicted molar refractivity (Wildman–Crippen MR) is 64.3 cm³/mol. The van der Waals surface area contributed by atoms with Crippen molar-refractivity contribution in [3.8, 4) is 0 Å². The van der Waals surface area contributed by atoms with E-state index in [2.05, 4.69) is 39.0 Å².